The van der Waals surface area contributed by atoms with Gasteiger partial charge in [0.05, 0.1) is 11.9 Å². The first-order chi connectivity index (χ1) is 8.25. The maximum atomic E-state index is 12.7. The van der Waals surface area contributed by atoms with Crippen LogP contribution in [0.5, 0.6) is 0 Å². The molecule has 0 saturated heterocycles. The van der Waals surface area contributed by atoms with E-state index in [1.54, 1.807) is 6.07 Å². The molecule has 0 amide bonds. The Balaban J connectivity index is 1.81. The van der Waals surface area contributed by atoms with Crippen molar-refractivity contribution in [3.8, 4) is 0 Å². The van der Waals surface area contributed by atoms with Gasteiger partial charge < -0.3 is 9.84 Å². The van der Waals surface area contributed by atoms with E-state index in [4.69, 9.17) is 4.52 Å². The van der Waals surface area contributed by atoms with E-state index in [1.165, 1.54) is 18.6 Å². The number of halogens is 1. The molecule has 90 valence electrons. The van der Waals surface area contributed by atoms with Crippen LogP contribution in [-0.2, 0) is 6.42 Å². The summed E-state index contributed by atoms with van der Waals surface area (Å²) in [4.78, 5) is 7.92. The predicted molar refractivity (Wildman–Crippen MR) is 58.6 cm³/mol. The molecule has 0 aliphatic carbocycles. The van der Waals surface area contributed by atoms with Crippen molar-refractivity contribution in [3.05, 3.63) is 42.1 Å². The van der Waals surface area contributed by atoms with Crippen molar-refractivity contribution in [2.45, 2.75) is 19.4 Å². The smallest absolute Gasteiger partial charge is 0.227 e. The van der Waals surface area contributed by atoms with Crippen molar-refractivity contribution < 1.29 is 8.91 Å². The molecule has 2 aromatic heterocycles. The summed E-state index contributed by atoms with van der Waals surface area (Å²) in [5.41, 5.74) is 0.803. The lowest BCUT2D eigenvalue weighted by atomic mass is 10.2. The molecule has 1 unspecified atom stereocenters. The molecule has 1 N–H and O–H groups in total. The van der Waals surface area contributed by atoms with Gasteiger partial charge >= 0.3 is 0 Å². The standard InChI is InChI=1S/C11H13FN4O/c1-8(10-3-2-9(12)6-14-10)13-5-4-11-15-7-16-17-11/h2-3,6-8,13H,4-5H2,1H3. The maximum Gasteiger partial charge on any atom is 0.227 e. The Labute approximate surface area is 98.1 Å². The first kappa shape index (κ1) is 11.7. The summed E-state index contributed by atoms with van der Waals surface area (Å²) >= 11 is 0. The van der Waals surface area contributed by atoms with Gasteiger partial charge in [0, 0.05) is 19.0 Å². The SMILES string of the molecule is CC(NCCc1ncno1)c1ccc(F)cn1. The van der Waals surface area contributed by atoms with Crippen LogP contribution < -0.4 is 5.32 Å². The number of nitrogens with zero attached hydrogens (tertiary/aromatic N) is 3. The molecule has 1 atom stereocenters. The van der Waals surface area contributed by atoms with Gasteiger partial charge in [0.2, 0.25) is 5.89 Å². The average Bonchev–Trinajstić information content (AvgIpc) is 2.83. The predicted octanol–water partition coefficient (Wildman–Crippen LogP) is 1.50. The summed E-state index contributed by atoms with van der Waals surface area (Å²) in [7, 11) is 0. The highest BCUT2D eigenvalue weighted by Crippen LogP contribution is 2.09. The highest BCUT2D eigenvalue weighted by Gasteiger charge is 2.07. The number of rotatable bonds is 5. The quantitative estimate of drug-likeness (QED) is 0.852. The Morgan fingerprint density at radius 3 is 2.94 bits per heavy atom. The van der Waals surface area contributed by atoms with Crippen molar-refractivity contribution in [1.29, 1.82) is 0 Å². The van der Waals surface area contributed by atoms with Crippen LogP contribution in [0.4, 0.5) is 4.39 Å². The summed E-state index contributed by atoms with van der Waals surface area (Å²) in [6.07, 6.45) is 3.25. The molecule has 0 aliphatic heterocycles. The average molecular weight is 236 g/mol. The molecule has 0 radical (unpaired) electrons. The van der Waals surface area contributed by atoms with Crippen LogP contribution in [0.1, 0.15) is 24.6 Å². The van der Waals surface area contributed by atoms with Crippen molar-refractivity contribution in [2.75, 3.05) is 6.54 Å². The van der Waals surface area contributed by atoms with Gasteiger partial charge in [0.25, 0.3) is 0 Å². The summed E-state index contributed by atoms with van der Waals surface area (Å²) in [6.45, 7) is 2.66. The van der Waals surface area contributed by atoms with E-state index in [9.17, 15) is 4.39 Å². The molecule has 17 heavy (non-hydrogen) atoms. The van der Waals surface area contributed by atoms with E-state index in [2.05, 4.69) is 20.4 Å². The van der Waals surface area contributed by atoms with Crippen LogP contribution in [0, 0.1) is 5.82 Å². The third-order valence-electron chi connectivity index (χ3n) is 2.39. The largest absolute Gasteiger partial charge is 0.340 e. The fraction of sp³-hybridized carbons (Fsp3) is 0.364. The second-order valence-corrected chi connectivity index (χ2v) is 3.66. The van der Waals surface area contributed by atoms with E-state index >= 15 is 0 Å². The molecular formula is C11H13FN4O. The molecule has 2 aromatic rings. The third kappa shape index (κ3) is 3.32. The Morgan fingerprint density at radius 2 is 2.29 bits per heavy atom. The summed E-state index contributed by atoms with van der Waals surface area (Å²) in [5, 5.41) is 6.76. The van der Waals surface area contributed by atoms with E-state index < -0.39 is 0 Å². The van der Waals surface area contributed by atoms with Crippen LogP contribution >= 0.6 is 0 Å². The van der Waals surface area contributed by atoms with E-state index in [0.717, 1.165) is 5.69 Å². The number of nitrogens with one attached hydrogen (secondary N) is 1. The monoisotopic (exact) mass is 236 g/mol. The third-order valence-corrected chi connectivity index (χ3v) is 2.39. The Hall–Kier alpha value is -1.82. The highest BCUT2D eigenvalue weighted by molar-refractivity contribution is 5.08. The van der Waals surface area contributed by atoms with Crippen molar-refractivity contribution in [1.82, 2.24) is 20.4 Å². The highest BCUT2D eigenvalue weighted by atomic mass is 19.1. The van der Waals surface area contributed by atoms with Gasteiger partial charge in [0.1, 0.15) is 5.82 Å². The molecule has 2 heterocycles. The van der Waals surface area contributed by atoms with Crippen LogP contribution in [0.25, 0.3) is 0 Å². The van der Waals surface area contributed by atoms with Crippen LogP contribution in [0.2, 0.25) is 0 Å². The molecule has 0 spiro atoms. The molecule has 0 aromatic carbocycles. The van der Waals surface area contributed by atoms with Gasteiger partial charge in [0.15, 0.2) is 6.33 Å². The fourth-order valence-electron chi connectivity index (χ4n) is 1.45. The Morgan fingerprint density at radius 1 is 1.41 bits per heavy atom. The number of pyridine rings is 1. The van der Waals surface area contributed by atoms with Crippen molar-refractivity contribution >= 4 is 0 Å². The molecule has 0 saturated carbocycles. The van der Waals surface area contributed by atoms with Crippen molar-refractivity contribution in [2.24, 2.45) is 0 Å². The first-order valence-electron chi connectivity index (χ1n) is 5.36. The zero-order valence-electron chi connectivity index (χ0n) is 9.43. The molecule has 6 heteroatoms. The van der Waals surface area contributed by atoms with Gasteiger partial charge in [-0.15, -0.1) is 0 Å². The lowest BCUT2D eigenvalue weighted by molar-refractivity contribution is 0.372. The normalized spacial score (nSPS) is 12.6. The molecule has 5 nitrogen and oxygen atoms in total. The maximum absolute atomic E-state index is 12.7. The summed E-state index contributed by atoms with van der Waals surface area (Å²) in [6, 6.07) is 3.12. The van der Waals surface area contributed by atoms with Gasteiger partial charge in [-0.25, -0.2) is 4.39 Å². The minimum absolute atomic E-state index is 0.0542. The number of hydrogen-bond acceptors (Lipinski definition) is 5. The zero-order valence-corrected chi connectivity index (χ0v) is 9.43. The molecule has 2 rings (SSSR count). The number of aromatic nitrogens is 3. The van der Waals surface area contributed by atoms with E-state index in [1.807, 2.05) is 6.92 Å². The van der Waals surface area contributed by atoms with Crippen LogP contribution in [0.3, 0.4) is 0 Å². The minimum Gasteiger partial charge on any atom is -0.340 e. The zero-order chi connectivity index (χ0) is 12.1. The number of hydrogen-bond donors (Lipinski definition) is 1. The lowest BCUT2D eigenvalue weighted by Gasteiger charge is -2.12. The Kier molecular flexibility index (Phi) is 3.77. The molecule has 0 aliphatic rings. The Bertz CT molecular complexity index is 443. The van der Waals surface area contributed by atoms with E-state index in [0.29, 0.717) is 18.9 Å². The second kappa shape index (κ2) is 5.49. The van der Waals surface area contributed by atoms with Gasteiger partial charge in [-0.1, -0.05) is 5.16 Å². The first-order valence-corrected chi connectivity index (χ1v) is 5.36. The lowest BCUT2D eigenvalue weighted by Crippen LogP contribution is -2.22. The van der Waals surface area contributed by atoms with Gasteiger partial charge in [-0.3, -0.25) is 4.98 Å². The molecule has 0 bridgehead atoms. The fourth-order valence-corrected chi connectivity index (χ4v) is 1.45. The van der Waals surface area contributed by atoms with Crippen molar-refractivity contribution in [3.63, 3.8) is 0 Å². The van der Waals surface area contributed by atoms with Gasteiger partial charge in [-0.2, -0.15) is 4.98 Å². The minimum atomic E-state index is -0.327. The van der Waals surface area contributed by atoms with Crippen LogP contribution in [0.15, 0.2) is 29.2 Å². The second-order valence-electron chi connectivity index (χ2n) is 3.66. The summed E-state index contributed by atoms with van der Waals surface area (Å²) < 4.78 is 17.5. The molecule has 0 fully saturated rings. The molecular weight excluding hydrogens is 223 g/mol. The topological polar surface area (TPSA) is 63.8 Å². The van der Waals surface area contributed by atoms with Crippen LogP contribution in [-0.4, -0.2) is 21.7 Å². The van der Waals surface area contributed by atoms with E-state index in [-0.39, 0.29) is 11.9 Å². The summed E-state index contributed by atoms with van der Waals surface area (Å²) in [5.74, 6) is 0.267. The van der Waals surface area contributed by atoms with Gasteiger partial charge in [-0.05, 0) is 19.1 Å².